The molecule has 0 saturated carbocycles. The van der Waals surface area contributed by atoms with E-state index in [0.717, 1.165) is 19.3 Å². The van der Waals surface area contributed by atoms with Crippen molar-refractivity contribution in [2.45, 2.75) is 97.3 Å². The van der Waals surface area contributed by atoms with Crippen molar-refractivity contribution in [2.24, 2.45) is 5.92 Å². The quantitative estimate of drug-likeness (QED) is 0.168. The molecule has 4 amide bonds. The summed E-state index contributed by atoms with van der Waals surface area (Å²) in [5.41, 5.74) is 1.43. The number of urea groups is 1. The van der Waals surface area contributed by atoms with Crippen LogP contribution < -0.4 is 15.4 Å². The molecule has 12 nitrogen and oxygen atoms in total. The van der Waals surface area contributed by atoms with Crippen LogP contribution in [0.2, 0.25) is 0 Å². The number of anilines is 2. The van der Waals surface area contributed by atoms with Crippen LogP contribution >= 0.6 is 0 Å². The molecule has 3 N–H and O–H groups in total. The van der Waals surface area contributed by atoms with Crippen LogP contribution in [0, 0.1) is 5.92 Å². The minimum absolute atomic E-state index is 0.189. The molecule has 2 aromatic rings. The van der Waals surface area contributed by atoms with E-state index in [2.05, 4.69) is 10.6 Å². The van der Waals surface area contributed by atoms with E-state index in [1.165, 1.54) is 0 Å². The third-order valence-electron chi connectivity index (χ3n) is 8.75. The number of hydrogen-bond acceptors (Lipinski definition) is 8. The third kappa shape index (κ3) is 13.3. The number of ether oxygens (including phenoxy) is 3. The number of aliphatic hydroxyl groups excluding tert-OH is 1. The standard InChI is InChI=1S/C38H56N4O8/c1-6-48-36(45)19-12-8-11-18-35(44)39-31-20-21-33-32(23-31)37(46)42(28(3)26-43)24-27(2)34(49-22-14-13-15-29(4)50-33)25-41(5)38(47)40-30-16-9-7-10-17-30/h7,9-10,16-17,20-21,23,27-29,34,43H,6,8,11-15,18-19,22,24-26H2,1-5H3,(H,39,44)(H,40,47)/t27-,28+,29+,34+/m0/s1. The van der Waals surface area contributed by atoms with E-state index in [-0.39, 0.29) is 67.1 Å². The Bertz CT molecular complexity index is 1370. The highest BCUT2D eigenvalue weighted by Gasteiger charge is 2.31. The summed E-state index contributed by atoms with van der Waals surface area (Å²) in [6.07, 6.45) is 4.38. The second-order valence-corrected chi connectivity index (χ2v) is 13.1. The molecule has 0 saturated heterocycles. The number of nitrogens with zero attached hydrogens (tertiary/aromatic N) is 2. The third-order valence-corrected chi connectivity index (χ3v) is 8.75. The highest BCUT2D eigenvalue weighted by atomic mass is 16.5. The van der Waals surface area contributed by atoms with Gasteiger partial charge >= 0.3 is 12.0 Å². The Labute approximate surface area is 296 Å². The molecule has 0 unspecified atom stereocenters. The van der Waals surface area contributed by atoms with Crippen LogP contribution in [-0.2, 0) is 19.1 Å². The molecular formula is C38H56N4O8. The van der Waals surface area contributed by atoms with Crippen molar-refractivity contribution in [3.05, 3.63) is 54.1 Å². The summed E-state index contributed by atoms with van der Waals surface area (Å²) in [5.74, 6) is -0.578. The number of unbranched alkanes of at least 4 members (excludes halogenated alkanes) is 2. The van der Waals surface area contributed by atoms with Gasteiger partial charge in [-0.25, -0.2) is 4.79 Å². The number of benzene rings is 2. The summed E-state index contributed by atoms with van der Waals surface area (Å²) in [7, 11) is 1.72. The predicted octanol–water partition coefficient (Wildman–Crippen LogP) is 6.10. The van der Waals surface area contributed by atoms with Crippen molar-refractivity contribution >= 4 is 35.2 Å². The molecule has 0 spiro atoms. The maximum absolute atomic E-state index is 14.4. The van der Waals surface area contributed by atoms with Gasteiger partial charge in [0, 0.05) is 56.9 Å². The van der Waals surface area contributed by atoms with Crippen LogP contribution in [0.15, 0.2) is 48.5 Å². The first-order valence-corrected chi connectivity index (χ1v) is 17.9. The Balaban J connectivity index is 1.78. The van der Waals surface area contributed by atoms with Crippen molar-refractivity contribution in [3.63, 3.8) is 0 Å². The number of nitrogens with one attached hydrogen (secondary N) is 2. The molecule has 50 heavy (non-hydrogen) atoms. The number of esters is 1. The van der Waals surface area contributed by atoms with Crippen LogP contribution in [0.5, 0.6) is 5.75 Å². The summed E-state index contributed by atoms with van der Waals surface area (Å²) in [5, 5.41) is 16.0. The Kier molecular flexibility index (Phi) is 17.0. The van der Waals surface area contributed by atoms with Gasteiger partial charge in [-0.05, 0) is 83.2 Å². The first kappa shape index (κ1) is 40.3. The van der Waals surface area contributed by atoms with E-state index >= 15 is 0 Å². The van der Waals surface area contributed by atoms with Crippen LogP contribution in [-0.4, -0.2) is 96.9 Å². The van der Waals surface area contributed by atoms with Crippen LogP contribution in [0.4, 0.5) is 16.2 Å². The molecule has 1 aliphatic rings. The molecule has 1 aliphatic heterocycles. The first-order chi connectivity index (χ1) is 24.0. The van der Waals surface area contributed by atoms with Gasteiger partial charge in [-0.1, -0.05) is 31.5 Å². The van der Waals surface area contributed by atoms with Gasteiger partial charge in [-0.15, -0.1) is 0 Å². The van der Waals surface area contributed by atoms with Gasteiger partial charge in [0.2, 0.25) is 5.91 Å². The Morgan fingerprint density at radius 1 is 1.02 bits per heavy atom. The van der Waals surface area contributed by atoms with Crippen molar-refractivity contribution in [1.29, 1.82) is 0 Å². The van der Waals surface area contributed by atoms with Crippen molar-refractivity contribution < 1.29 is 38.5 Å². The predicted molar refractivity (Wildman–Crippen MR) is 193 cm³/mol. The molecule has 3 rings (SSSR count). The molecule has 12 heteroatoms. The number of hydrogen-bond donors (Lipinski definition) is 3. The molecule has 0 fully saturated rings. The molecule has 1 heterocycles. The fourth-order valence-electron chi connectivity index (χ4n) is 5.74. The minimum atomic E-state index is -0.532. The molecule has 2 aromatic carbocycles. The maximum atomic E-state index is 14.4. The van der Waals surface area contributed by atoms with E-state index in [1.54, 1.807) is 48.9 Å². The molecule has 0 aliphatic carbocycles. The highest BCUT2D eigenvalue weighted by molar-refractivity contribution is 5.99. The zero-order valence-corrected chi connectivity index (χ0v) is 30.3. The van der Waals surface area contributed by atoms with Gasteiger partial charge in [-0.3, -0.25) is 14.4 Å². The molecule has 0 aromatic heterocycles. The number of carbonyl (C=O) groups is 4. The van der Waals surface area contributed by atoms with Crippen molar-refractivity contribution in [1.82, 2.24) is 9.80 Å². The van der Waals surface area contributed by atoms with Gasteiger partial charge in [0.25, 0.3) is 5.91 Å². The molecule has 0 bridgehead atoms. The largest absolute Gasteiger partial charge is 0.490 e. The summed E-state index contributed by atoms with van der Waals surface area (Å²) in [6.45, 7) is 8.61. The Hall–Kier alpha value is -4.16. The van der Waals surface area contributed by atoms with E-state index in [4.69, 9.17) is 14.2 Å². The SMILES string of the molecule is CCOC(=O)CCCCCC(=O)Nc1ccc2c(c1)C(=O)N([C@H](C)CO)C[C@H](C)[C@@H](CN(C)C(=O)Nc1ccccc1)OCCCC[C@@H](C)O2. The molecular weight excluding hydrogens is 640 g/mol. The number of likely N-dealkylation sites (N-methyl/N-ethyl adjacent to an activating group) is 1. The fourth-order valence-corrected chi connectivity index (χ4v) is 5.74. The zero-order chi connectivity index (χ0) is 36.5. The number of amides is 4. The Morgan fingerprint density at radius 3 is 2.48 bits per heavy atom. The van der Waals surface area contributed by atoms with Crippen molar-refractivity contribution in [2.75, 3.05) is 50.6 Å². The van der Waals surface area contributed by atoms with Crippen LogP contribution in [0.3, 0.4) is 0 Å². The van der Waals surface area contributed by atoms with Gasteiger partial charge < -0.3 is 39.8 Å². The summed E-state index contributed by atoms with van der Waals surface area (Å²) in [6, 6.07) is 13.5. The monoisotopic (exact) mass is 696 g/mol. The van der Waals surface area contributed by atoms with E-state index in [1.807, 2.05) is 44.2 Å². The van der Waals surface area contributed by atoms with E-state index < -0.39 is 6.04 Å². The van der Waals surface area contributed by atoms with Crippen LogP contribution in [0.25, 0.3) is 0 Å². The topological polar surface area (TPSA) is 147 Å². The normalized spacial score (nSPS) is 19.3. The molecule has 0 radical (unpaired) electrons. The number of rotatable bonds is 13. The fraction of sp³-hybridized carbons (Fsp3) is 0.579. The number of carbonyl (C=O) groups excluding carboxylic acids is 4. The smallest absolute Gasteiger partial charge is 0.321 e. The Morgan fingerprint density at radius 2 is 1.76 bits per heavy atom. The molecule has 276 valence electrons. The molecule has 4 atom stereocenters. The highest BCUT2D eigenvalue weighted by Crippen LogP contribution is 2.29. The van der Waals surface area contributed by atoms with Crippen molar-refractivity contribution in [3.8, 4) is 5.75 Å². The zero-order valence-electron chi connectivity index (χ0n) is 30.3. The number of fused-ring (bicyclic) bond motifs is 1. The summed E-state index contributed by atoms with van der Waals surface area (Å²) < 4.78 is 17.6. The lowest BCUT2D eigenvalue weighted by Crippen LogP contribution is -2.48. The minimum Gasteiger partial charge on any atom is -0.490 e. The summed E-state index contributed by atoms with van der Waals surface area (Å²) in [4.78, 5) is 55.0. The lowest BCUT2D eigenvalue weighted by molar-refractivity contribution is -0.143. The van der Waals surface area contributed by atoms with Gasteiger partial charge in [0.15, 0.2) is 0 Å². The average molecular weight is 697 g/mol. The van der Waals surface area contributed by atoms with E-state index in [0.29, 0.717) is 62.6 Å². The maximum Gasteiger partial charge on any atom is 0.321 e. The first-order valence-electron chi connectivity index (χ1n) is 17.9. The van der Waals surface area contributed by atoms with Crippen LogP contribution in [0.1, 0.15) is 89.4 Å². The van der Waals surface area contributed by atoms with Gasteiger partial charge in [0.1, 0.15) is 5.75 Å². The second kappa shape index (κ2) is 21.1. The number of para-hydroxylation sites is 1. The van der Waals surface area contributed by atoms with Gasteiger partial charge in [-0.2, -0.15) is 0 Å². The average Bonchev–Trinajstić information content (AvgIpc) is 3.09. The van der Waals surface area contributed by atoms with Gasteiger partial charge in [0.05, 0.1) is 37.0 Å². The lowest BCUT2D eigenvalue weighted by atomic mass is 10.0. The number of aliphatic hydroxyl groups is 1. The van der Waals surface area contributed by atoms with E-state index in [9.17, 15) is 24.3 Å². The lowest BCUT2D eigenvalue weighted by Gasteiger charge is -2.35. The summed E-state index contributed by atoms with van der Waals surface area (Å²) >= 11 is 0. The second-order valence-electron chi connectivity index (χ2n) is 13.1.